The molecule has 170 valence electrons. The second-order valence-corrected chi connectivity index (χ2v) is 8.83. The van der Waals surface area contributed by atoms with E-state index in [2.05, 4.69) is 10.9 Å². The molecule has 2 aromatic carbocycles. The number of aryl methyl sites for hydroxylation is 1. The molecule has 1 heterocycles. The number of carbonyl (C=O) groups excluding carboxylic acids is 3. The first-order valence-corrected chi connectivity index (χ1v) is 11.1. The Morgan fingerprint density at radius 2 is 1.91 bits per heavy atom. The zero-order chi connectivity index (χ0) is 24.0. The summed E-state index contributed by atoms with van der Waals surface area (Å²) in [6, 6.07) is 12.9. The van der Waals surface area contributed by atoms with E-state index in [1.807, 2.05) is 31.2 Å². The number of nitro benzene ring substituents is 1. The largest absolute Gasteiger partial charge is 0.293 e. The normalized spacial score (nSPS) is 14.5. The maximum Gasteiger partial charge on any atom is 0.270 e. The summed E-state index contributed by atoms with van der Waals surface area (Å²) in [6.45, 7) is 2.25. The Hall–Kier alpha value is -3.57. The van der Waals surface area contributed by atoms with Gasteiger partial charge in [-0.1, -0.05) is 59.9 Å². The summed E-state index contributed by atoms with van der Waals surface area (Å²) < 4.78 is 0.428. The number of amides is 3. The lowest BCUT2D eigenvalue weighted by molar-refractivity contribution is -0.384. The van der Waals surface area contributed by atoms with Crippen LogP contribution in [0.5, 0.6) is 0 Å². The second-order valence-electron chi connectivity index (χ2n) is 7.16. The number of hydrogen-bond donors (Lipinski definition) is 2. The van der Waals surface area contributed by atoms with Crippen LogP contribution in [-0.2, 0) is 9.59 Å². The maximum absolute atomic E-state index is 12.7. The quantitative estimate of drug-likeness (QED) is 0.267. The number of benzene rings is 2. The van der Waals surface area contributed by atoms with Gasteiger partial charge < -0.3 is 0 Å². The molecule has 0 saturated carbocycles. The third kappa shape index (κ3) is 6.46. The van der Waals surface area contributed by atoms with E-state index in [4.69, 9.17) is 12.2 Å². The Morgan fingerprint density at radius 1 is 1.18 bits per heavy atom. The van der Waals surface area contributed by atoms with E-state index < -0.39 is 16.7 Å². The number of nitrogens with zero attached hydrogens (tertiary/aromatic N) is 2. The highest BCUT2D eigenvalue weighted by Gasteiger charge is 2.31. The molecule has 1 saturated heterocycles. The number of nitrogens with one attached hydrogen (secondary N) is 2. The zero-order valence-corrected chi connectivity index (χ0v) is 19.2. The van der Waals surface area contributed by atoms with Gasteiger partial charge >= 0.3 is 0 Å². The molecule has 3 amide bonds. The first-order chi connectivity index (χ1) is 15.7. The number of thiocarbonyl (C=S) groups is 1. The average molecular weight is 485 g/mol. The highest BCUT2D eigenvalue weighted by molar-refractivity contribution is 8.26. The van der Waals surface area contributed by atoms with Crippen molar-refractivity contribution in [3.8, 4) is 0 Å². The molecule has 1 aliphatic heterocycles. The summed E-state index contributed by atoms with van der Waals surface area (Å²) in [7, 11) is 0. The monoisotopic (exact) mass is 484 g/mol. The molecule has 0 aromatic heterocycles. The molecule has 0 atom stereocenters. The van der Waals surface area contributed by atoms with Crippen molar-refractivity contribution in [3.63, 3.8) is 0 Å². The third-order valence-corrected chi connectivity index (χ3v) is 6.05. The first kappa shape index (κ1) is 24.1. The van der Waals surface area contributed by atoms with Crippen molar-refractivity contribution in [2.45, 2.75) is 19.8 Å². The Balaban J connectivity index is 1.46. The molecule has 0 aliphatic carbocycles. The van der Waals surface area contributed by atoms with Crippen molar-refractivity contribution >= 4 is 57.8 Å². The number of thioether (sulfide) groups is 1. The van der Waals surface area contributed by atoms with Gasteiger partial charge in [-0.3, -0.25) is 40.2 Å². The molecule has 11 heteroatoms. The van der Waals surface area contributed by atoms with Gasteiger partial charge in [-0.25, -0.2) is 0 Å². The van der Waals surface area contributed by atoms with Crippen LogP contribution in [0.3, 0.4) is 0 Å². The Bertz CT molecular complexity index is 1150. The molecular weight excluding hydrogens is 464 g/mol. The fraction of sp³-hybridized carbons (Fsp3) is 0.182. The van der Waals surface area contributed by atoms with Gasteiger partial charge in [-0.15, -0.1) is 0 Å². The average Bonchev–Trinajstić information content (AvgIpc) is 3.06. The molecule has 2 N–H and O–H groups in total. The van der Waals surface area contributed by atoms with Crippen molar-refractivity contribution in [2.75, 3.05) is 6.54 Å². The number of carbonyl (C=O) groups is 3. The Morgan fingerprint density at radius 3 is 2.61 bits per heavy atom. The molecule has 0 spiro atoms. The van der Waals surface area contributed by atoms with Crippen LogP contribution < -0.4 is 10.9 Å². The third-order valence-electron chi connectivity index (χ3n) is 4.67. The van der Waals surface area contributed by atoms with Gasteiger partial charge in [0.1, 0.15) is 4.32 Å². The summed E-state index contributed by atoms with van der Waals surface area (Å²) in [5.74, 6) is -1.34. The lowest BCUT2D eigenvalue weighted by atomic mass is 10.1. The maximum atomic E-state index is 12.7. The van der Waals surface area contributed by atoms with Crippen LogP contribution in [0.1, 0.15) is 34.3 Å². The fourth-order valence-electron chi connectivity index (χ4n) is 2.93. The topological polar surface area (TPSA) is 122 Å². The molecule has 3 rings (SSSR count). The van der Waals surface area contributed by atoms with E-state index in [9.17, 15) is 24.5 Å². The summed E-state index contributed by atoms with van der Waals surface area (Å²) in [4.78, 5) is 48.9. The Labute approximate surface area is 199 Å². The van der Waals surface area contributed by atoms with E-state index in [0.29, 0.717) is 15.6 Å². The van der Waals surface area contributed by atoms with Crippen LogP contribution in [0.25, 0.3) is 6.08 Å². The first-order valence-electron chi connectivity index (χ1n) is 9.90. The van der Waals surface area contributed by atoms with Crippen molar-refractivity contribution < 1.29 is 19.3 Å². The number of hydrazine groups is 1. The van der Waals surface area contributed by atoms with E-state index in [1.165, 1.54) is 34.9 Å². The molecule has 33 heavy (non-hydrogen) atoms. The molecule has 1 aliphatic rings. The number of hydrogen-bond acceptors (Lipinski definition) is 7. The molecule has 0 radical (unpaired) electrons. The van der Waals surface area contributed by atoms with Gasteiger partial charge in [-0.2, -0.15) is 0 Å². The van der Waals surface area contributed by atoms with Gasteiger partial charge in [0, 0.05) is 30.7 Å². The van der Waals surface area contributed by atoms with Crippen LogP contribution in [0.2, 0.25) is 0 Å². The minimum absolute atomic E-state index is 0.0439. The minimum atomic E-state index is -0.676. The number of non-ortho nitro benzene ring substituents is 1. The number of rotatable bonds is 7. The Kier molecular flexibility index (Phi) is 7.91. The van der Waals surface area contributed by atoms with Crippen LogP contribution in [-0.4, -0.2) is 38.4 Å². The predicted molar refractivity (Wildman–Crippen MR) is 129 cm³/mol. The van der Waals surface area contributed by atoms with Crippen molar-refractivity contribution in [3.05, 3.63) is 80.2 Å². The summed E-state index contributed by atoms with van der Waals surface area (Å²) >= 11 is 6.52. The molecule has 1 fully saturated rings. The molecule has 2 aromatic rings. The van der Waals surface area contributed by atoms with Gasteiger partial charge in [0.05, 0.1) is 9.83 Å². The van der Waals surface area contributed by atoms with E-state index in [-0.39, 0.29) is 30.1 Å². The second kappa shape index (κ2) is 10.8. The SMILES string of the molecule is Cc1ccc(/C=C2\SC(=S)N(CCCC(=O)NNC(=O)c3cccc([N+](=O)[O-])c3)C2=O)cc1. The predicted octanol–water partition coefficient (Wildman–Crippen LogP) is 3.35. The van der Waals surface area contributed by atoms with Gasteiger partial charge in [0.2, 0.25) is 5.91 Å². The molecule has 0 bridgehead atoms. The van der Waals surface area contributed by atoms with Crippen LogP contribution in [0, 0.1) is 17.0 Å². The van der Waals surface area contributed by atoms with E-state index in [1.54, 1.807) is 6.08 Å². The minimum Gasteiger partial charge on any atom is -0.293 e. The van der Waals surface area contributed by atoms with Crippen molar-refractivity contribution in [1.29, 1.82) is 0 Å². The summed E-state index contributed by atoms with van der Waals surface area (Å²) in [5.41, 5.74) is 6.32. The summed E-state index contributed by atoms with van der Waals surface area (Å²) in [6.07, 6.45) is 2.17. The van der Waals surface area contributed by atoms with Gasteiger partial charge in [0.25, 0.3) is 17.5 Å². The van der Waals surface area contributed by atoms with Gasteiger partial charge in [0.15, 0.2) is 0 Å². The molecule has 9 nitrogen and oxygen atoms in total. The lowest BCUT2D eigenvalue weighted by Crippen LogP contribution is -2.41. The number of nitro groups is 1. The van der Waals surface area contributed by atoms with Gasteiger partial charge in [-0.05, 0) is 31.1 Å². The molecule has 0 unspecified atom stereocenters. The summed E-state index contributed by atoms with van der Waals surface area (Å²) in [5, 5.41) is 10.8. The fourth-order valence-corrected chi connectivity index (χ4v) is 4.23. The van der Waals surface area contributed by atoms with E-state index in [0.717, 1.165) is 17.2 Å². The lowest BCUT2D eigenvalue weighted by Gasteiger charge is -2.14. The van der Waals surface area contributed by atoms with E-state index >= 15 is 0 Å². The smallest absolute Gasteiger partial charge is 0.270 e. The van der Waals surface area contributed by atoms with Crippen LogP contribution in [0.4, 0.5) is 5.69 Å². The highest BCUT2D eigenvalue weighted by Crippen LogP contribution is 2.32. The standard InChI is InChI=1S/C22H20N4O5S2/c1-14-7-9-15(10-8-14)12-18-21(29)25(22(32)33-18)11-3-6-19(27)23-24-20(28)16-4-2-5-17(13-16)26(30)31/h2,4-5,7-10,12-13H,3,6,11H2,1H3,(H,23,27)(H,24,28)/b18-12-. The zero-order valence-electron chi connectivity index (χ0n) is 17.6. The van der Waals surface area contributed by atoms with Crippen molar-refractivity contribution in [1.82, 2.24) is 15.8 Å². The molecular formula is C22H20N4O5S2. The van der Waals surface area contributed by atoms with Crippen molar-refractivity contribution in [2.24, 2.45) is 0 Å². The van der Waals surface area contributed by atoms with Crippen LogP contribution in [0.15, 0.2) is 53.4 Å². The highest BCUT2D eigenvalue weighted by atomic mass is 32.2. The van der Waals surface area contributed by atoms with Crippen LogP contribution >= 0.6 is 24.0 Å².